The van der Waals surface area contributed by atoms with Gasteiger partial charge in [-0.1, -0.05) is 0 Å². The molecule has 0 fully saturated rings. The molecule has 0 aromatic carbocycles. The summed E-state index contributed by atoms with van der Waals surface area (Å²) in [6.45, 7) is 0. The van der Waals surface area contributed by atoms with Crippen molar-refractivity contribution in [2.75, 3.05) is 0 Å². The largest absolute Gasteiger partial charge is 2.00 e. The number of hydrogen-bond donors (Lipinski definition) is 2. The van der Waals surface area contributed by atoms with Crippen molar-refractivity contribution in [2.45, 2.75) is 0 Å². The monoisotopic (exact) mass is 254 g/mol. The Hall–Kier alpha value is -1.87. The molecule has 17 heavy (non-hydrogen) atoms. The number of rotatable bonds is 4. The van der Waals surface area contributed by atoms with Gasteiger partial charge in [-0.15, -0.1) is 0 Å². The smallest absolute Gasteiger partial charge is 0.545 e. The maximum absolute atomic E-state index is 9.53. The van der Waals surface area contributed by atoms with E-state index >= 15 is 0 Å². The number of carboxylic acid groups (broad SMARTS) is 4. The first-order valence-electron chi connectivity index (χ1n) is 3.49. The fourth-order valence-corrected chi connectivity index (χ4v) is 0.279. The van der Waals surface area contributed by atoms with Crippen LogP contribution in [0, 0.1) is 0 Å². The Morgan fingerprint density at radius 3 is 1.00 bits per heavy atom. The molecule has 0 spiro atoms. The molecule has 8 nitrogen and oxygen atoms in total. The Balaban J connectivity index is -0.000000218. The Labute approximate surface area is 111 Å². The van der Waals surface area contributed by atoms with Gasteiger partial charge in [-0.2, -0.15) is 0 Å². The van der Waals surface area contributed by atoms with Crippen LogP contribution in [-0.2, 0) is 19.2 Å². The number of carbonyl (C=O) groups excluding carboxylic acids is 2. The van der Waals surface area contributed by atoms with E-state index in [2.05, 4.69) is 0 Å². The summed E-state index contributed by atoms with van der Waals surface area (Å²) in [7, 11) is 0. The normalized spacial score (nSPS) is 8.94. The van der Waals surface area contributed by atoms with E-state index in [0.717, 1.165) is 0 Å². The van der Waals surface area contributed by atoms with E-state index in [4.69, 9.17) is 10.2 Å². The molecular formula is C8H6MgO8. The minimum atomic E-state index is -1.51. The Bertz CT molecular complexity index is 277. The minimum Gasteiger partial charge on any atom is -0.545 e. The summed E-state index contributed by atoms with van der Waals surface area (Å²) >= 11 is 0. The molecule has 0 saturated carbocycles. The molecule has 0 bridgehead atoms. The second-order valence-electron chi connectivity index (χ2n) is 1.98. The standard InChI is InChI=1S/2C4H4O4.Mg/c2*5-3(6)1-2-4(7)8;/h2*1-2H,(H,5,6)(H,7,8);/q;;+2/p-2. The van der Waals surface area contributed by atoms with Gasteiger partial charge in [0.2, 0.25) is 0 Å². The summed E-state index contributed by atoms with van der Waals surface area (Å²) in [4.78, 5) is 37.9. The fourth-order valence-electron chi connectivity index (χ4n) is 0.279. The van der Waals surface area contributed by atoms with E-state index in [1.807, 2.05) is 0 Å². The third-order valence-electron chi connectivity index (χ3n) is 0.724. The quantitative estimate of drug-likeness (QED) is 0.384. The number of hydrogen-bond acceptors (Lipinski definition) is 6. The van der Waals surface area contributed by atoms with E-state index in [1.165, 1.54) is 0 Å². The van der Waals surface area contributed by atoms with Gasteiger partial charge >= 0.3 is 35.0 Å². The molecule has 0 saturated heterocycles. The van der Waals surface area contributed by atoms with Crippen LogP contribution >= 0.6 is 0 Å². The summed E-state index contributed by atoms with van der Waals surface area (Å²) in [5, 5.41) is 34.5. The Kier molecular flexibility index (Phi) is 14.7. The summed E-state index contributed by atoms with van der Waals surface area (Å²) in [5.41, 5.74) is 0. The van der Waals surface area contributed by atoms with E-state index in [9.17, 15) is 29.4 Å². The molecule has 0 radical (unpaired) electrons. The van der Waals surface area contributed by atoms with Crippen molar-refractivity contribution >= 4 is 46.9 Å². The van der Waals surface area contributed by atoms with Crippen LogP contribution in [0.4, 0.5) is 0 Å². The predicted octanol–water partition coefficient (Wildman–Crippen LogP) is -3.63. The van der Waals surface area contributed by atoms with Crippen molar-refractivity contribution in [2.24, 2.45) is 0 Å². The van der Waals surface area contributed by atoms with Gasteiger partial charge in [0, 0.05) is 12.2 Å². The molecule has 88 valence electrons. The zero-order valence-corrected chi connectivity index (χ0v) is 9.77. The van der Waals surface area contributed by atoms with Crippen molar-refractivity contribution in [3.05, 3.63) is 24.3 Å². The molecule has 0 rings (SSSR count). The van der Waals surface area contributed by atoms with Gasteiger partial charge in [-0.25, -0.2) is 9.59 Å². The minimum absolute atomic E-state index is 0. The molecule has 0 atom stereocenters. The van der Waals surface area contributed by atoms with Gasteiger partial charge in [0.25, 0.3) is 0 Å². The molecule has 0 amide bonds. The number of carbonyl (C=O) groups is 4. The zero-order chi connectivity index (χ0) is 13.1. The van der Waals surface area contributed by atoms with E-state index < -0.39 is 23.9 Å². The van der Waals surface area contributed by atoms with Crippen LogP contribution in [-0.4, -0.2) is 57.1 Å². The molecule has 2 N–H and O–H groups in total. The van der Waals surface area contributed by atoms with Crippen LogP contribution in [0.25, 0.3) is 0 Å². The molecular weight excluding hydrogens is 248 g/mol. The van der Waals surface area contributed by atoms with Crippen molar-refractivity contribution in [3.63, 3.8) is 0 Å². The van der Waals surface area contributed by atoms with Crippen LogP contribution in [0.1, 0.15) is 0 Å². The first kappa shape index (κ1) is 20.5. The predicted molar refractivity (Wildman–Crippen MR) is 49.3 cm³/mol. The van der Waals surface area contributed by atoms with Crippen LogP contribution < -0.4 is 10.2 Å². The van der Waals surface area contributed by atoms with E-state index in [-0.39, 0.29) is 23.1 Å². The van der Waals surface area contributed by atoms with Gasteiger partial charge in [-0.05, 0) is 12.2 Å². The summed E-state index contributed by atoms with van der Waals surface area (Å²) in [6.07, 6.45) is 1.88. The average molecular weight is 254 g/mol. The molecule has 0 aliphatic heterocycles. The molecule has 0 unspecified atom stereocenters. The third kappa shape index (κ3) is 31.5. The van der Waals surface area contributed by atoms with Crippen molar-refractivity contribution < 1.29 is 39.6 Å². The SMILES string of the molecule is O=C([O-])C=CC(=O)O.O=C([O-])C=CC(=O)O.[Mg+2]. The van der Waals surface area contributed by atoms with Crippen molar-refractivity contribution in [1.29, 1.82) is 0 Å². The summed E-state index contributed by atoms with van der Waals surface area (Å²) < 4.78 is 0. The van der Waals surface area contributed by atoms with Gasteiger partial charge in [0.05, 0.1) is 11.9 Å². The summed E-state index contributed by atoms with van der Waals surface area (Å²) in [5.74, 6) is -5.61. The Morgan fingerprint density at radius 1 is 0.706 bits per heavy atom. The van der Waals surface area contributed by atoms with Gasteiger partial charge < -0.3 is 30.0 Å². The molecule has 0 aliphatic carbocycles. The molecule has 9 heteroatoms. The maximum Gasteiger partial charge on any atom is 2.00 e. The second kappa shape index (κ2) is 12.2. The van der Waals surface area contributed by atoms with Gasteiger partial charge in [0.15, 0.2) is 0 Å². The number of carboxylic acids is 4. The van der Waals surface area contributed by atoms with E-state index in [1.54, 1.807) is 0 Å². The first-order valence-corrected chi connectivity index (χ1v) is 3.49. The molecule has 0 aromatic rings. The van der Waals surface area contributed by atoms with Gasteiger partial charge in [0.1, 0.15) is 0 Å². The fraction of sp³-hybridized carbons (Fsp3) is 0. The van der Waals surface area contributed by atoms with Crippen LogP contribution in [0.2, 0.25) is 0 Å². The Morgan fingerprint density at radius 2 is 0.941 bits per heavy atom. The maximum atomic E-state index is 9.53. The molecule has 0 aliphatic rings. The van der Waals surface area contributed by atoms with Crippen LogP contribution in [0.3, 0.4) is 0 Å². The third-order valence-corrected chi connectivity index (χ3v) is 0.724. The number of aliphatic carboxylic acids is 4. The van der Waals surface area contributed by atoms with Crippen molar-refractivity contribution in [3.8, 4) is 0 Å². The topological polar surface area (TPSA) is 155 Å². The molecule has 0 heterocycles. The summed E-state index contributed by atoms with van der Waals surface area (Å²) in [6, 6.07) is 0. The van der Waals surface area contributed by atoms with Gasteiger partial charge in [-0.3, -0.25) is 0 Å². The van der Waals surface area contributed by atoms with Crippen molar-refractivity contribution in [1.82, 2.24) is 0 Å². The van der Waals surface area contributed by atoms with Crippen LogP contribution in [0.15, 0.2) is 24.3 Å². The van der Waals surface area contributed by atoms with Crippen LogP contribution in [0.5, 0.6) is 0 Å². The first-order chi connectivity index (χ1) is 7.25. The zero-order valence-electron chi connectivity index (χ0n) is 8.36. The van der Waals surface area contributed by atoms with E-state index in [0.29, 0.717) is 24.3 Å². The second-order valence-corrected chi connectivity index (χ2v) is 1.98. The average Bonchev–Trinajstić information content (AvgIpc) is 2.12. The molecule has 0 aromatic heterocycles.